The van der Waals surface area contributed by atoms with Gasteiger partial charge in [0.05, 0.1) is 26.5 Å². The number of ether oxygens (including phenoxy) is 2. The molecule has 6 rings (SSSR count). The molecule has 0 radical (unpaired) electrons. The molecule has 1 aromatic heterocycles. The normalized spacial score (nSPS) is 19.3. The van der Waals surface area contributed by atoms with Crippen LogP contribution in [0.15, 0.2) is 77.9 Å². The number of para-hydroxylation sites is 2. The Balaban J connectivity index is 1.40. The molecule has 4 aromatic rings. The lowest BCUT2D eigenvalue weighted by Gasteiger charge is -2.45. The van der Waals surface area contributed by atoms with Crippen molar-refractivity contribution in [2.75, 3.05) is 20.8 Å². The number of nitrogens with one attached hydrogen (secondary N) is 1. The van der Waals surface area contributed by atoms with Crippen molar-refractivity contribution < 1.29 is 19.1 Å². The number of carbonyl (C=O) groups excluding carboxylic acids is 2. The third-order valence-electron chi connectivity index (χ3n) is 7.13. The Morgan fingerprint density at radius 1 is 0.946 bits per heavy atom. The van der Waals surface area contributed by atoms with E-state index in [0.29, 0.717) is 23.5 Å². The molecule has 186 valence electrons. The fourth-order valence-electron chi connectivity index (χ4n) is 5.47. The van der Waals surface area contributed by atoms with Crippen LogP contribution in [-0.4, -0.2) is 59.7 Å². The summed E-state index contributed by atoms with van der Waals surface area (Å²) in [6.07, 6.45) is 1.96. The van der Waals surface area contributed by atoms with Crippen LogP contribution >= 0.6 is 0 Å². The first kappa shape index (κ1) is 22.8. The second-order valence-corrected chi connectivity index (χ2v) is 9.12. The molecular weight excluding hydrogens is 468 g/mol. The fraction of sp³-hybridized carbons (Fsp3) is 0.207. The number of nitrogens with zero attached hydrogens (tertiary/aromatic N) is 3. The molecule has 1 fully saturated rings. The molecule has 2 aliphatic heterocycles. The summed E-state index contributed by atoms with van der Waals surface area (Å²) >= 11 is 0. The zero-order chi connectivity index (χ0) is 25.5. The highest BCUT2D eigenvalue weighted by Gasteiger charge is 2.48. The average Bonchev–Trinajstić information content (AvgIpc) is 3.31. The van der Waals surface area contributed by atoms with Gasteiger partial charge in [0, 0.05) is 28.6 Å². The number of hydrazone groups is 1. The molecule has 0 bridgehead atoms. The lowest BCUT2D eigenvalue weighted by atomic mass is 9.86. The summed E-state index contributed by atoms with van der Waals surface area (Å²) in [5.74, 6) is 0.701. The Hall–Kier alpha value is -4.59. The van der Waals surface area contributed by atoms with Crippen LogP contribution in [-0.2, 0) is 16.0 Å². The molecule has 37 heavy (non-hydrogen) atoms. The van der Waals surface area contributed by atoms with Crippen LogP contribution in [0.1, 0.15) is 28.4 Å². The van der Waals surface area contributed by atoms with E-state index >= 15 is 0 Å². The van der Waals surface area contributed by atoms with Crippen molar-refractivity contribution >= 4 is 28.9 Å². The van der Waals surface area contributed by atoms with Crippen LogP contribution < -0.4 is 9.47 Å². The first-order valence-electron chi connectivity index (χ1n) is 12.1. The van der Waals surface area contributed by atoms with Crippen molar-refractivity contribution in [2.45, 2.75) is 18.5 Å². The van der Waals surface area contributed by atoms with Gasteiger partial charge in [-0.15, -0.1) is 0 Å². The molecule has 8 nitrogen and oxygen atoms in total. The number of methoxy groups -OCH3 is 2. The molecule has 3 heterocycles. The van der Waals surface area contributed by atoms with Crippen molar-refractivity contribution in [3.63, 3.8) is 0 Å². The van der Waals surface area contributed by atoms with E-state index in [0.717, 1.165) is 27.7 Å². The standard InChI is InChI=1S/C29H26N4O4/c1-36-24-14-8-11-19(28(24)37-2)16-30-32-17-25(34)33-23(29(32)35)15-21-20-12-6-7-13-22(20)31-26(21)27(33)18-9-4-3-5-10-18/h3-14,16,23,27,31H,15,17H2,1-2H3/t23-,27?/m0/s1. The molecule has 1 N–H and O–H groups in total. The molecule has 2 atom stereocenters. The van der Waals surface area contributed by atoms with Crippen molar-refractivity contribution in [3.8, 4) is 11.5 Å². The first-order chi connectivity index (χ1) is 18.1. The van der Waals surface area contributed by atoms with Gasteiger partial charge >= 0.3 is 0 Å². The minimum absolute atomic E-state index is 0.142. The van der Waals surface area contributed by atoms with Crippen LogP contribution in [0.3, 0.4) is 0 Å². The molecule has 2 amide bonds. The minimum atomic E-state index is -0.664. The number of fused-ring (bicyclic) bond motifs is 4. The van der Waals surface area contributed by atoms with Crippen LogP contribution in [0.4, 0.5) is 0 Å². The smallest absolute Gasteiger partial charge is 0.266 e. The van der Waals surface area contributed by atoms with Crippen molar-refractivity contribution in [3.05, 3.63) is 95.2 Å². The number of hydrogen-bond acceptors (Lipinski definition) is 5. The van der Waals surface area contributed by atoms with E-state index in [9.17, 15) is 9.59 Å². The number of aromatic amines is 1. The monoisotopic (exact) mass is 494 g/mol. The molecule has 3 aromatic carbocycles. The first-order valence-corrected chi connectivity index (χ1v) is 12.1. The third-order valence-corrected chi connectivity index (χ3v) is 7.13. The third kappa shape index (κ3) is 3.72. The SMILES string of the molecule is COc1cccc(C=NN2CC(=O)N3C(c4ccccc4)c4[nH]c5ccccc5c4C[C@H]3C2=O)c1OC. The second-order valence-electron chi connectivity index (χ2n) is 9.12. The number of carbonyl (C=O) groups is 2. The van der Waals surface area contributed by atoms with Crippen LogP contribution in [0.2, 0.25) is 0 Å². The molecular formula is C29H26N4O4. The predicted octanol–water partition coefficient (Wildman–Crippen LogP) is 3.90. The summed E-state index contributed by atoms with van der Waals surface area (Å²) in [6.45, 7) is -0.142. The maximum atomic E-state index is 13.8. The summed E-state index contributed by atoms with van der Waals surface area (Å²) in [5.41, 5.74) is 4.62. The van der Waals surface area contributed by atoms with Gasteiger partial charge in [0.2, 0.25) is 5.91 Å². The van der Waals surface area contributed by atoms with Gasteiger partial charge in [-0.25, -0.2) is 5.01 Å². The Labute approximate surface area is 214 Å². The predicted molar refractivity (Wildman–Crippen MR) is 140 cm³/mol. The Kier molecular flexibility index (Phi) is 5.64. The van der Waals surface area contributed by atoms with E-state index in [4.69, 9.17) is 9.47 Å². The molecule has 0 spiro atoms. The minimum Gasteiger partial charge on any atom is -0.493 e. The number of aromatic nitrogens is 1. The summed E-state index contributed by atoms with van der Waals surface area (Å²) in [7, 11) is 3.11. The van der Waals surface area contributed by atoms with Crippen molar-refractivity contribution in [2.24, 2.45) is 5.10 Å². The molecule has 2 aliphatic rings. The Morgan fingerprint density at radius 2 is 1.73 bits per heavy atom. The lowest BCUT2D eigenvalue weighted by Crippen LogP contribution is -2.61. The van der Waals surface area contributed by atoms with Gasteiger partial charge in [0.25, 0.3) is 5.91 Å². The molecule has 1 saturated heterocycles. The van der Waals surface area contributed by atoms with Gasteiger partial charge in [-0.05, 0) is 29.3 Å². The van der Waals surface area contributed by atoms with E-state index < -0.39 is 6.04 Å². The van der Waals surface area contributed by atoms with E-state index in [1.165, 1.54) is 11.2 Å². The van der Waals surface area contributed by atoms with Gasteiger partial charge in [-0.1, -0.05) is 54.6 Å². The van der Waals surface area contributed by atoms with Crippen LogP contribution in [0, 0.1) is 0 Å². The summed E-state index contributed by atoms with van der Waals surface area (Å²) in [5, 5.41) is 6.77. The van der Waals surface area contributed by atoms with Crippen LogP contribution in [0.5, 0.6) is 11.5 Å². The molecule has 1 unspecified atom stereocenters. The van der Waals surface area contributed by atoms with Gasteiger partial charge < -0.3 is 19.4 Å². The topological polar surface area (TPSA) is 87.2 Å². The zero-order valence-corrected chi connectivity index (χ0v) is 20.5. The average molecular weight is 495 g/mol. The Morgan fingerprint density at radius 3 is 2.51 bits per heavy atom. The van der Waals surface area contributed by atoms with E-state index in [2.05, 4.69) is 16.2 Å². The van der Waals surface area contributed by atoms with E-state index in [1.807, 2.05) is 60.7 Å². The summed E-state index contributed by atoms with van der Waals surface area (Å²) in [6, 6.07) is 22.3. The largest absolute Gasteiger partial charge is 0.493 e. The molecule has 0 saturated carbocycles. The number of hydrogen-bond donors (Lipinski definition) is 1. The van der Waals surface area contributed by atoms with E-state index in [-0.39, 0.29) is 24.4 Å². The number of piperazine rings is 1. The number of rotatable bonds is 5. The maximum absolute atomic E-state index is 13.8. The van der Waals surface area contributed by atoms with Crippen LogP contribution in [0.25, 0.3) is 10.9 Å². The fourth-order valence-corrected chi connectivity index (χ4v) is 5.47. The number of benzene rings is 3. The number of H-pyrrole nitrogens is 1. The number of amides is 2. The maximum Gasteiger partial charge on any atom is 0.266 e. The molecule has 0 aliphatic carbocycles. The van der Waals surface area contributed by atoms with Gasteiger partial charge in [-0.3, -0.25) is 9.59 Å². The quantitative estimate of drug-likeness (QED) is 0.426. The van der Waals surface area contributed by atoms with E-state index in [1.54, 1.807) is 25.2 Å². The summed E-state index contributed by atoms with van der Waals surface area (Å²) < 4.78 is 10.8. The van der Waals surface area contributed by atoms with Crippen molar-refractivity contribution in [1.82, 2.24) is 14.9 Å². The second kappa shape index (κ2) is 9.13. The van der Waals surface area contributed by atoms with Gasteiger partial charge in [0.1, 0.15) is 12.6 Å². The highest BCUT2D eigenvalue weighted by molar-refractivity contribution is 5.98. The summed E-state index contributed by atoms with van der Waals surface area (Å²) in [4.78, 5) is 32.7. The zero-order valence-electron chi connectivity index (χ0n) is 20.5. The van der Waals surface area contributed by atoms with Gasteiger partial charge in [0.15, 0.2) is 11.5 Å². The molecule has 8 heteroatoms. The highest BCUT2D eigenvalue weighted by Crippen LogP contribution is 2.42. The highest BCUT2D eigenvalue weighted by atomic mass is 16.5. The van der Waals surface area contributed by atoms with Crippen molar-refractivity contribution in [1.29, 1.82) is 0 Å². The Bertz CT molecular complexity index is 1530. The lowest BCUT2D eigenvalue weighted by molar-refractivity contribution is -0.158. The van der Waals surface area contributed by atoms with Gasteiger partial charge in [-0.2, -0.15) is 5.10 Å².